The molecule has 1 aromatic carbocycles. The minimum absolute atomic E-state index is 0.248. The maximum absolute atomic E-state index is 12.4. The van der Waals surface area contributed by atoms with Crippen LogP contribution in [0.15, 0.2) is 58.3 Å². The number of hydrogen-bond acceptors (Lipinski definition) is 4. The Hall–Kier alpha value is -3.19. The Labute approximate surface area is 139 Å². The molecule has 0 amide bonds. The summed E-state index contributed by atoms with van der Waals surface area (Å²) in [5, 5.41) is 5.04. The predicted octanol–water partition coefficient (Wildman–Crippen LogP) is 3.32. The molecule has 0 spiro atoms. The Bertz CT molecular complexity index is 1230. The molecule has 24 heavy (non-hydrogen) atoms. The maximum Gasteiger partial charge on any atom is 0.333 e. The average Bonchev–Trinajstić information content (AvgIpc) is 3.32. The monoisotopic (exact) mass is 333 g/mol. The van der Waals surface area contributed by atoms with Gasteiger partial charge in [0.05, 0.1) is 17.6 Å². The first-order valence-electron chi connectivity index (χ1n) is 7.37. The van der Waals surface area contributed by atoms with E-state index < -0.39 is 0 Å². The standard InChI is InChI=1S/C17H11N5OS/c23-17-21-15-16(20-14(8-19-15)11-4-6-24-9-11)22(17)12-1-2-13-10(7-12)3-5-18-13/h1-9,18H,(H,19,21,23). The molecule has 6 nitrogen and oxygen atoms in total. The number of fused-ring (bicyclic) bond motifs is 2. The first-order valence-corrected chi connectivity index (χ1v) is 8.32. The van der Waals surface area contributed by atoms with Crippen LogP contribution in [0.25, 0.3) is 39.1 Å². The number of imidazole rings is 1. The summed E-state index contributed by atoms with van der Waals surface area (Å²) in [4.78, 5) is 27.4. The number of thiophene rings is 1. The van der Waals surface area contributed by atoms with Gasteiger partial charge in [-0.25, -0.2) is 19.3 Å². The van der Waals surface area contributed by atoms with Crippen molar-refractivity contribution in [3.05, 3.63) is 64.0 Å². The van der Waals surface area contributed by atoms with Crippen molar-refractivity contribution in [2.75, 3.05) is 0 Å². The molecule has 7 heteroatoms. The Kier molecular flexibility index (Phi) is 2.71. The molecule has 0 bridgehead atoms. The summed E-state index contributed by atoms with van der Waals surface area (Å²) < 4.78 is 1.56. The molecule has 0 aliphatic rings. The second-order valence-corrected chi connectivity index (χ2v) is 6.23. The van der Waals surface area contributed by atoms with Gasteiger partial charge in [-0.15, -0.1) is 0 Å². The summed E-state index contributed by atoms with van der Waals surface area (Å²) in [5.41, 5.74) is 4.29. The van der Waals surface area contributed by atoms with Crippen LogP contribution in [-0.2, 0) is 0 Å². The fraction of sp³-hybridized carbons (Fsp3) is 0. The van der Waals surface area contributed by atoms with E-state index in [2.05, 4.69) is 19.9 Å². The molecule has 116 valence electrons. The van der Waals surface area contributed by atoms with Gasteiger partial charge >= 0.3 is 5.69 Å². The Morgan fingerprint density at radius 1 is 1.17 bits per heavy atom. The number of aromatic nitrogens is 5. The van der Waals surface area contributed by atoms with Crippen LogP contribution in [0, 0.1) is 0 Å². The van der Waals surface area contributed by atoms with Gasteiger partial charge in [0.1, 0.15) is 0 Å². The molecule has 5 aromatic rings. The van der Waals surface area contributed by atoms with Gasteiger partial charge in [0.25, 0.3) is 0 Å². The highest BCUT2D eigenvalue weighted by molar-refractivity contribution is 7.08. The van der Waals surface area contributed by atoms with Crippen molar-refractivity contribution < 1.29 is 0 Å². The lowest BCUT2D eigenvalue weighted by Crippen LogP contribution is -2.14. The molecule has 4 aromatic heterocycles. The summed E-state index contributed by atoms with van der Waals surface area (Å²) in [6.45, 7) is 0. The highest BCUT2D eigenvalue weighted by Crippen LogP contribution is 2.23. The van der Waals surface area contributed by atoms with Crippen molar-refractivity contribution in [3.63, 3.8) is 0 Å². The van der Waals surface area contributed by atoms with Crippen LogP contribution in [0.3, 0.4) is 0 Å². The van der Waals surface area contributed by atoms with Crippen molar-refractivity contribution >= 4 is 33.5 Å². The van der Waals surface area contributed by atoms with Crippen LogP contribution in [0.2, 0.25) is 0 Å². The molecule has 0 atom stereocenters. The number of H-pyrrole nitrogens is 2. The number of aromatic amines is 2. The zero-order valence-corrected chi connectivity index (χ0v) is 13.2. The zero-order valence-electron chi connectivity index (χ0n) is 12.4. The summed E-state index contributed by atoms with van der Waals surface area (Å²) in [6, 6.07) is 9.76. The van der Waals surface area contributed by atoms with Gasteiger partial charge in [0, 0.05) is 28.0 Å². The van der Waals surface area contributed by atoms with E-state index in [1.807, 2.05) is 47.3 Å². The molecule has 2 N–H and O–H groups in total. The lowest BCUT2D eigenvalue weighted by atomic mass is 10.2. The van der Waals surface area contributed by atoms with Gasteiger partial charge in [0.15, 0.2) is 11.3 Å². The third kappa shape index (κ3) is 1.92. The quantitative estimate of drug-likeness (QED) is 0.520. The number of hydrogen-bond donors (Lipinski definition) is 2. The molecule has 0 saturated heterocycles. The third-order valence-electron chi connectivity index (χ3n) is 4.01. The Morgan fingerprint density at radius 2 is 2.12 bits per heavy atom. The van der Waals surface area contributed by atoms with Crippen LogP contribution in [0.4, 0.5) is 0 Å². The summed E-state index contributed by atoms with van der Waals surface area (Å²) in [6.07, 6.45) is 3.56. The zero-order chi connectivity index (χ0) is 16.1. The van der Waals surface area contributed by atoms with E-state index in [9.17, 15) is 4.79 Å². The SMILES string of the molecule is O=c1[nH]c2ncc(-c3ccsc3)nc2n1-c1ccc2[nH]ccc2c1. The summed E-state index contributed by atoms with van der Waals surface area (Å²) >= 11 is 1.60. The number of nitrogens with zero attached hydrogens (tertiary/aromatic N) is 3. The van der Waals surface area contributed by atoms with Gasteiger partial charge in [-0.3, -0.25) is 4.98 Å². The summed E-state index contributed by atoms with van der Waals surface area (Å²) in [5.74, 6) is 0. The first-order chi connectivity index (χ1) is 11.8. The van der Waals surface area contributed by atoms with Gasteiger partial charge in [-0.05, 0) is 35.7 Å². The topological polar surface area (TPSA) is 79.4 Å². The van der Waals surface area contributed by atoms with Crippen molar-refractivity contribution in [1.82, 2.24) is 24.5 Å². The number of nitrogens with one attached hydrogen (secondary N) is 2. The maximum atomic E-state index is 12.4. The van der Waals surface area contributed by atoms with Crippen LogP contribution in [0.1, 0.15) is 0 Å². The van der Waals surface area contributed by atoms with Crippen LogP contribution >= 0.6 is 11.3 Å². The predicted molar refractivity (Wildman–Crippen MR) is 94.7 cm³/mol. The molecule has 0 radical (unpaired) electrons. The second-order valence-electron chi connectivity index (χ2n) is 5.45. The highest BCUT2D eigenvalue weighted by atomic mass is 32.1. The minimum atomic E-state index is -0.248. The van der Waals surface area contributed by atoms with E-state index in [1.165, 1.54) is 0 Å². The van der Waals surface area contributed by atoms with Crippen molar-refractivity contribution in [2.24, 2.45) is 0 Å². The van der Waals surface area contributed by atoms with Gasteiger partial charge in [0.2, 0.25) is 0 Å². The minimum Gasteiger partial charge on any atom is -0.361 e. The molecular weight excluding hydrogens is 322 g/mol. The van der Waals surface area contributed by atoms with E-state index in [1.54, 1.807) is 22.1 Å². The summed E-state index contributed by atoms with van der Waals surface area (Å²) in [7, 11) is 0. The normalized spacial score (nSPS) is 11.5. The number of rotatable bonds is 2. The van der Waals surface area contributed by atoms with E-state index in [0.29, 0.717) is 11.3 Å². The van der Waals surface area contributed by atoms with Gasteiger partial charge in [-0.2, -0.15) is 11.3 Å². The second kappa shape index (κ2) is 4.90. The van der Waals surface area contributed by atoms with Crippen molar-refractivity contribution in [3.8, 4) is 16.9 Å². The number of benzene rings is 1. The largest absolute Gasteiger partial charge is 0.361 e. The van der Waals surface area contributed by atoms with Crippen LogP contribution in [-0.4, -0.2) is 24.5 Å². The smallest absolute Gasteiger partial charge is 0.333 e. The first kappa shape index (κ1) is 13.3. The average molecular weight is 333 g/mol. The molecule has 5 rings (SSSR count). The molecule has 0 unspecified atom stereocenters. The lowest BCUT2D eigenvalue weighted by Gasteiger charge is -2.04. The van der Waals surface area contributed by atoms with Gasteiger partial charge < -0.3 is 4.98 Å². The molecule has 4 heterocycles. The van der Waals surface area contributed by atoms with E-state index in [-0.39, 0.29) is 5.69 Å². The van der Waals surface area contributed by atoms with E-state index in [4.69, 9.17) is 0 Å². The van der Waals surface area contributed by atoms with E-state index in [0.717, 1.165) is 27.8 Å². The fourth-order valence-corrected chi connectivity index (χ4v) is 3.50. The lowest BCUT2D eigenvalue weighted by molar-refractivity contribution is 1.00. The molecule has 0 aliphatic carbocycles. The molecule has 0 fully saturated rings. The van der Waals surface area contributed by atoms with Crippen molar-refractivity contribution in [1.29, 1.82) is 0 Å². The molecular formula is C17H11N5OS. The molecule has 0 saturated carbocycles. The van der Waals surface area contributed by atoms with Gasteiger partial charge in [-0.1, -0.05) is 0 Å². The van der Waals surface area contributed by atoms with Crippen LogP contribution < -0.4 is 5.69 Å². The fourth-order valence-electron chi connectivity index (χ4n) is 2.85. The van der Waals surface area contributed by atoms with Crippen LogP contribution in [0.5, 0.6) is 0 Å². The van der Waals surface area contributed by atoms with E-state index >= 15 is 0 Å². The molecule has 0 aliphatic heterocycles. The van der Waals surface area contributed by atoms with Crippen molar-refractivity contribution in [2.45, 2.75) is 0 Å². The Balaban J connectivity index is 1.78. The third-order valence-corrected chi connectivity index (χ3v) is 4.69. The Morgan fingerprint density at radius 3 is 3.00 bits per heavy atom. The highest BCUT2D eigenvalue weighted by Gasteiger charge is 2.13.